The summed E-state index contributed by atoms with van der Waals surface area (Å²) in [7, 11) is 1.00. The van der Waals surface area contributed by atoms with Crippen LogP contribution in [0.4, 0.5) is 18.9 Å². The number of aryl methyl sites for hydroxylation is 2. The van der Waals surface area contributed by atoms with E-state index in [4.69, 9.17) is 5.11 Å². The van der Waals surface area contributed by atoms with Crippen LogP contribution in [0.3, 0.4) is 0 Å². The molecule has 1 amide bonds. The average Bonchev–Trinajstić information content (AvgIpc) is 2.96. The predicted octanol–water partition coefficient (Wildman–Crippen LogP) is 8.75. The van der Waals surface area contributed by atoms with E-state index in [1.54, 1.807) is 24.4 Å². The summed E-state index contributed by atoms with van der Waals surface area (Å²) < 4.78 is 39.7. The molecule has 0 saturated heterocycles. The van der Waals surface area contributed by atoms with E-state index in [0.29, 0.717) is 17.7 Å². The molecule has 0 spiro atoms. The topological polar surface area (TPSA) is 62.2 Å². The van der Waals surface area contributed by atoms with Crippen LogP contribution in [0.25, 0.3) is 6.08 Å². The van der Waals surface area contributed by atoms with Crippen LogP contribution < -0.4 is 5.32 Å². The Bertz CT molecular complexity index is 1260. The molecular weight excluding hydrogens is 513 g/mol. The van der Waals surface area contributed by atoms with Crippen molar-refractivity contribution in [2.24, 2.45) is 11.3 Å². The van der Waals surface area contributed by atoms with Crippen molar-refractivity contribution in [1.29, 1.82) is 0 Å². The van der Waals surface area contributed by atoms with E-state index >= 15 is 0 Å². The van der Waals surface area contributed by atoms with Crippen molar-refractivity contribution in [2.75, 3.05) is 12.4 Å². The summed E-state index contributed by atoms with van der Waals surface area (Å²) in [5, 5.41) is 9.87. The molecule has 4 nitrogen and oxygen atoms in total. The van der Waals surface area contributed by atoms with Gasteiger partial charge in [0.15, 0.2) is 0 Å². The highest BCUT2D eigenvalue weighted by atomic mass is 19.4. The van der Waals surface area contributed by atoms with Crippen molar-refractivity contribution in [2.45, 2.75) is 66.0 Å². The van der Waals surface area contributed by atoms with Gasteiger partial charge in [-0.3, -0.25) is 9.78 Å². The van der Waals surface area contributed by atoms with Gasteiger partial charge in [0.05, 0.1) is 17.3 Å². The number of aromatic nitrogens is 1. The van der Waals surface area contributed by atoms with Crippen LogP contribution in [-0.4, -0.2) is 29.3 Å². The number of nitrogens with zero attached hydrogens (tertiary/aromatic N) is 1. The lowest BCUT2D eigenvalue weighted by molar-refractivity contribution is -0.190. The smallest absolute Gasteiger partial charge is 0.391 e. The molecule has 2 aliphatic rings. The standard InChI is InChI=1S/C23H23F3N2O.C7H8.C2H6.CH4O/c1-14-20(4-3-11-27-14)28-21(29)16-5-7-18-15(12-16)9-10-22(2)13-17(23(24,25)26)6-8-19(18)22;1-7-5-3-2-4-6-7;2*1-2/h3-5,7,9-12,17,19H,6,8,13H2,1-2H3,(H,28,29);2-6H,1H3;1-2H3;2H,1H3/t17?,19?,22-;;;/m1.../s1. The summed E-state index contributed by atoms with van der Waals surface area (Å²) in [6, 6.07) is 19.3. The van der Waals surface area contributed by atoms with Crippen LogP contribution in [-0.2, 0) is 0 Å². The maximum atomic E-state index is 13.2. The summed E-state index contributed by atoms with van der Waals surface area (Å²) in [4.78, 5) is 16.8. The van der Waals surface area contributed by atoms with Gasteiger partial charge in [0, 0.05) is 18.9 Å². The van der Waals surface area contributed by atoms with Gasteiger partial charge in [-0.2, -0.15) is 13.2 Å². The maximum Gasteiger partial charge on any atom is 0.391 e. The zero-order valence-electron chi connectivity index (χ0n) is 24.2. The molecule has 1 saturated carbocycles. The highest BCUT2D eigenvalue weighted by molar-refractivity contribution is 6.05. The van der Waals surface area contributed by atoms with Crippen molar-refractivity contribution in [3.63, 3.8) is 0 Å². The van der Waals surface area contributed by atoms with E-state index in [9.17, 15) is 18.0 Å². The van der Waals surface area contributed by atoms with Gasteiger partial charge in [-0.05, 0) is 79.8 Å². The Balaban J connectivity index is 0.000000434. The molecule has 2 aliphatic carbocycles. The minimum absolute atomic E-state index is 0.0405. The minimum atomic E-state index is -4.14. The highest BCUT2D eigenvalue weighted by Gasteiger charge is 2.50. The number of amides is 1. The molecule has 2 unspecified atom stereocenters. The Morgan fingerprint density at radius 1 is 1.00 bits per heavy atom. The van der Waals surface area contributed by atoms with Crippen LogP contribution >= 0.6 is 0 Å². The number of aliphatic hydroxyl groups excluding tert-OH is 1. The van der Waals surface area contributed by atoms with Crippen LogP contribution in [0.1, 0.15) is 78.7 Å². The third kappa shape index (κ3) is 8.28. The van der Waals surface area contributed by atoms with Gasteiger partial charge in [0.2, 0.25) is 0 Å². The van der Waals surface area contributed by atoms with Crippen LogP contribution in [0.2, 0.25) is 0 Å². The SMILES string of the molecule is CC.CO.Cc1ccccc1.Cc1ncccc1NC(=O)c1ccc2c(c1)C=C[C@]1(C)CC(C(F)(F)F)CCC21. The van der Waals surface area contributed by atoms with Crippen molar-refractivity contribution < 1.29 is 23.1 Å². The molecule has 5 rings (SSSR count). The van der Waals surface area contributed by atoms with Crippen LogP contribution in [0, 0.1) is 25.2 Å². The summed E-state index contributed by atoms with van der Waals surface area (Å²) >= 11 is 0. The number of aliphatic hydroxyl groups is 1. The lowest BCUT2D eigenvalue weighted by atomic mass is 9.59. The van der Waals surface area contributed by atoms with E-state index in [1.165, 1.54) is 5.56 Å². The first-order valence-electron chi connectivity index (χ1n) is 13.7. The number of pyridine rings is 1. The van der Waals surface area contributed by atoms with E-state index in [-0.39, 0.29) is 24.7 Å². The third-order valence-electron chi connectivity index (χ3n) is 7.31. The number of nitrogens with one attached hydrogen (secondary N) is 1. The Morgan fingerprint density at radius 2 is 1.68 bits per heavy atom. The lowest BCUT2D eigenvalue weighted by Crippen LogP contribution is -2.39. The van der Waals surface area contributed by atoms with Crippen LogP contribution in [0.5, 0.6) is 0 Å². The summed E-state index contributed by atoms with van der Waals surface area (Å²) in [6.45, 7) is 9.82. The second-order valence-corrected chi connectivity index (χ2v) is 10.0. The van der Waals surface area contributed by atoms with E-state index in [2.05, 4.69) is 29.4 Å². The number of anilines is 1. The summed E-state index contributed by atoms with van der Waals surface area (Å²) in [6.07, 6.45) is 2.06. The van der Waals surface area contributed by atoms with Gasteiger partial charge in [-0.15, -0.1) is 0 Å². The zero-order valence-corrected chi connectivity index (χ0v) is 24.2. The Labute approximate surface area is 236 Å². The van der Waals surface area contributed by atoms with E-state index in [1.807, 2.05) is 70.2 Å². The number of allylic oxidation sites excluding steroid dienone is 1. The number of carbonyl (C=O) groups excluding carboxylic acids is 1. The molecule has 2 N–H and O–H groups in total. The van der Waals surface area contributed by atoms with Crippen molar-refractivity contribution >= 4 is 17.7 Å². The first kappa shape index (κ1) is 32.8. The number of halogens is 3. The van der Waals surface area contributed by atoms with Crippen LogP contribution in [0.15, 0.2) is 72.9 Å². The van der Waals surface area contributed by atoms with E-state index < -0.39 is 17.5 Å². The van der Waals surface area contributed by atoms with Gasteiger partial charge >= 0.3 is 6.18 Å². The highest BCUT2D eigenvalue weighted by Crippen LogP contribution is 2.56. The number of hydrogen-bond donors (Lipinski definition) is 2. The van der Waals surface area contributed by atoms with Crippen molar-refractivity contribution in [3.8, 4) is 0 Å². The second kappa shape index (κ2) is 14.8. The zero-order chi connectivity index (χ0) is 29.9. The number of alkyl halides is 3. The number of benzene rings is 2. The summed E-state index contributed by atoms with van der Waals surface area (Å²) in [5.74, 6) is -1.44. The van der Waals surface area contributed by atoms with Gasteiger partial charge in [-0.25, -0.2) is 0 Å². The molecule has 1 aromatic heterocycles. The molecule has 1 fully saturated rings. The van der Waals surface area contributed by atoms with Gasteiger partial charge < -0.3 is 10.4 Å². The molecule has 1 heterocycles. The third-order valence-corrected chi connectivity index (χ3v) is 7.31. The molecule has 216 valence electrons. The Kier molecular flexibility index (Phi) is 12.1. The number of fused-ring (bicyclic) bond motifs is 3. The molecule has 40 heavy (non-hydrogen) atoms. The normalized spacial score (nSPS) is 20.6. The fourth-order valence-corrected chi connectivity index (χ4v) is 5.25. The fourth-order valence-electron chi connectivity index (χ4n) is 5.25. The molecule has 0 aliphatic heterocycles. The minimum Gasteiger partial charge on any atom is -0.400 e. The molecule has 0 bridgehead atoms. The number of hydrogen-bond acceptors (Lipinski definition) is 3. The first-order valence-corrected chi connectivity index (χ1v) is 13.7. The molecule has 3 aromatic rings. The largest absolute Gasteiger partial charge is 0.400 e. The fraction of sp³-hybridized carbons (Fsp3) is 0.394. The van der Waals surface area contributed by atoms with Gasteiger partial charge in [-0.1, -0.05) is 74.9 Å². The maximum absolute atomic E-state index is 13.2. The predicted molar refractivity (Wildman–Crippen MR) is 157 cm³/mol. The quantitative estimate of drug-likeness (QED) is 0.333. The van der Waals surface area contributed by atoms with Gasteiger partial charge in [0.1, 0.15) is 0 Å². The Hall–Kier alpha value is -3.45. The molecule has 7 heteroatoms. The molecule has 3 atom stereocenters. The van der Waals surface area contributed by atoms with Crippen molar-refractivity contribution in [3.05, 3.63) is 101 Å². The second-order valence-electron chi connectivity index (χ2n) is 10.0. The number of rotatable bonds is 2. The first-order chi connectivity index (χ1) is 19.1. The van der Waals surface area contributed by atoms with E-state index in [0.717, 1.165) is 23.9 Å². The molecule has 0 radical (unpaired) electrons. The summed E-state index contributed by atoms with van der Waals surface area (Å²) in [5.41, 5.74) is 4.66. The number of carbonyl (C=O) groups is 1. The molecular formula is C33H41F3N2O2. The van der Waals surface area contributed by atoms with Gasteiger partial charge in [0.25, 0.3) is 5.91 Å². The van der Waals surface area contributed by atoms with Crippen molar-refractivity contribution in [1.82, 2.24) is 4.98 Å². The monoisotopic (exact) mass is 554 g/mol. The Morgan fingerprint density at radius 3 is 2.25 bits per heavy atom. The molecule has 2 aromatic carbocycles. The lowest BCUT2D eigenvalue weighted by Gasteiger charge is -2.46. The average molecular weight is 555 g/mol.